The molecular weight excluding hydrogens is 192 g/mol. The van der Waals surface area contributed by atoms with Crippen LogP contribution in [0.4, 0.5) is 4.53 Å². The fourth-order valence-electron chi connectivity index (χ4n) is 0. The molecule has 47 valence electrons. The quantitative estimate of drug-likeness (QED) is 0.347. The standard InChI is InChI=1S/FH2O4P.Mn.Na.H/c1-5-6(2,3)4;;;/h(H2,2,3,4);;;/q;;+1;-1. The molecule has 0 saturated heterocycles. The molecule has 0 aliphatic rings. The maximum absolute atomic E-state index is 10.2. The van der Waals surface area contributed by atoms with Crippen LogP contribution >= 0.6 is 7.82 Å². The van der Waals surface area contributed by atoms with Crippen LogP contribution in [0.5, 0.6) is 0 Å². The van der Waals surface area contributed by atoms with E-state index in [9.17, 15) is 4.53 Å². The molecular formula is H3FMnNaO4P. The van der Waals surface area contributed by atoms with Gasteiger partial charge >= 0.3 is 37.4 Å². The topological polar surface area (TPSA) is 66.8 Å². The Morgan fingerprint density at radius 1 is 1.62 bits per heavy atom. The number of phosphoric acid groups is 1. The summed E-state index contributed by atoms with van der Waals surface area (Å²) in [4.78, 5) is 14.7. The van der Waals surface area contributed by atoms with E-state index >= 15 is 0 Å². The summed E-state index contributed by atoms with van der Waals surface area (Å²) in [6.45, 7) is 0. The van der Waals surface area contributed by atoms with Gasteiger partial charge in [0.05, 0.1) is 0 Å². The number of hydrogen-bond acceptors (Lipinski definition) is 2. The summed E-state index contributed by atoms with van der Waals surface area (Å²) in [5.74, 6) is 0. The number of rotatable bonds is 1. The first kappa shape index (κ1) is 16.3. The average molecular weight is 195 g/mol. The summed E-state index contributed by atoms with van der Waals surface area (Å²) in [6, 6.07) is 0. The zero-order valence-electron chi connectivity index (χ0n) is 4.91. The van der Waals surface area contributed by atoms with Crippen molar-refractivity contribution in [1.29, 1.82) is 0 Å². The Bertz CT molecular complexity index is 84.6. The van der Waals surface area contributed by atoms with Gasteiger partial charge in [0.2, 0.25) is 0 Å². The maximum atomic E-state index is 10.2. The molecule has 0 aromatic rings. The normalized spacial score (nSPS) is 8.88. The second-order valence-corrected chi connectivity index (χ2v) is 1.68. The molecule has 8 heavy (non-hydrogen) atoms. The van der Waals surface area contributed by atoms with Crippen LogP contribution in [0, 0.1) is 0 Å². The van der Waals surface area contributed by atoms with Crippen LogP contribution in [0.1, 0.15) is 1.43 Å². The minimum absolute atomic E-state index is 0. The van der Waals surface area contributed by atoms with Crippen molar-refractivity contribution in [3.05, 3.63) is 0 Å². The van der Waals surface area contributed by atoms with Gasteiger partial charge in [0.1, 0.15) is 0 Å². The summed E-state index contributed by atoms with van der Waals surface area (Å²) in [5, 5.41) is 0. The molecule has 0 bridgehead atoms. The Hall–Kier alpha value is 1.56. The average Bonchev–Trinajstić information content (AvgIpc) is 1.35. The molecule has 4 nitrogen and oxygen atoms in total. The largest absolute Gasteiger partial charge is 1.00 e. The van der Waals surface area contributed by atoms with Gasteiger partial charge < -0.3 is 11.2 Å². The van der Waals surface area contributed by atoms with Gasteiger partial charge in [-0.2, -0.15) is 0 Å². The van der Waals surface area contributed by atoms with E-state index in [2.05, 4.69) is 4.73 Å². The molecule has 0 spiro atoms. The van der Waals surface area contributed by atoms with Crippen LogP contribution in [0.15, 0.2) is 0 Å². The SMILES string of the molecule is O=P(O)(O)OF.[H-].[Mn].[Na+]. The summed E-state index contributed by atoms with van der Waals surface area (Å²) >= 11 is 0. The molecule has 0 rings (SSSR count). The van der Waals surface area contributed by atoms with E-state index in [1.54, 1.807) is 0 Å². The van der Waals surface area contributed by atoms with E-state index in [1.807, 2.05) is 0 Å². The third-order valence-electron chi connectivity index (χ3n) is 0.0899. The maximum Gasteiger partial charge on any atom is 1.00 e. The van der Waals surface area contributed by atoms with Gasteiger partial charge in [-0.1, -0.05) is 4.73 Å². The summed E-state index contributed by atoms with van der Waals surface area (Å²) in [6.07, 6.45) is 0. The molecule has 0 saturated carbocycles. The van der Waals surface area contributed by atoms with Gasteiger partial charge in [-0.15, -0.1) is 0 Å². The minimum Gasteiger partial charge on any atom is -1.00 e. The van der Waals surface area contributed by atoms with Crippen molar-refractivity contribution in [1.82, 2.24) is 0 Å². The Kier molecular flexibility index (Phi) is 13.6. The van der Waals surface area contributed by atoms with E-state index < -0.39 is 7.82 Å². The molecule has 0 atom stereocenters. The van der Waals surface area contributed by atoms with Crippen LogP contribution in [-0.4, -0.2) is 9.79 Å². The Labute approximate surface area is 79.2 Å². The van der Waals surface area contributed by atoms with Crippen LogP contribution in [0.3, 0.4) is 0 Å². The van der Waals surface area contributed by atoms with Gasteiger partial charge in [-0.3, -0.25) is 0 Å². The van der Waals surface area contributed by atoms with E-state index in [1.165, 1.54) is 0 Å². The second-order valence-electron chi connectivity index (χ2n) is 0.560. The van der Waals surface area contributed by atoms with Gasteiger partial charge in [-0.25, -0.2) is 4.57 Å². The van der Waals surface area contributed by atoms with Crippen molar-refractivity contribution in [3.63, 3.8) is 0 Å². The van der Waals surface area contributed by atoms with Crippen molar-refractivity contribution in [3.8, 4) is 0 Å². The third-order valence-corrected chi connectivity index (χ3v) is 0.270. The van der Waals surface area contributed by atoms with Crippen molar-refractivity contribution >= 4 is 7.82 Å². The molecule has 0 aliphatic carbocycles. The predicted octanol–water partition coefficient (Wildman–Crippen LogP) is -2.91. The fourth-order valence-corrected chi connectivity index (χ4v) is 0. The molecule has 0 aliphatic heterocycles. The summed E-state index contributed by atoms with van der Waals surface area (Å²) in [5.41, 5.74) is 0. The molecule has 2 N–H and O–H groups in total. The monoisotopic (exact) mass is 195 g/mol. The van der Waals surface area contributed by atoms with Crippen LogP contribution in [0.25, 0.3) is 0 Å². The van der Waals surface area contributed by atoms with Gasteiger partial charge in [0, 0.05) is 17.1 Å². The van der Waals surface area contributed by atoms with Crippen LogP contribution in [-0.2, 0) is 26.4 Å². The number of halogens is 1. The first-order valence-electron chi connectivity index (χ1n) is 0.919. The first-order valence-corrected chi connectivity index (χ1v) is 2.45. The number of hydrogen-bond donors (Lipinski definition) is 2. The first-order chi connectivity index (χ1) is 2.56. The Morgan fingerprint density at radius 2 is 1.75 bits per heavy atom. The molecule has 0 amide bonds. The van der Waals surface area contributed by atoms with Crippen molar-refractivity contribution in [2.24, 2.45) is 0 Å². The Balaban J connectivity index is -0.0000000417. The van der Waals surface area contributed by atoms with E-state index in [4.69, 9.17) is 14.4 Å². The zero-order chi connectivity index (χ0) is 5.21. The molecule has 8 heteroatoms. The van der Waals surface area contributed by atoms with Gasteiger partial charge in [0.15, 0.2) is 0 Å². The zero-order valence-corrected chi connectivity index (χ0v) is 7.99. The Morgan fingerprint density at radius 3 is 1.75 bits per heavy atom. The second kappa shape index (κ2) is 6.68. The van der Waals surface area contributed by atoms with Crippen LogP contribution in [0.2, 0.25) is 0 Å². The van der Waals surface area contributed by atoms with Crippen molar-refractivity contribution in [2.75, 3.05) is 0 Å². The fraction of sp³-hybridized carbons (Fsp3) is 0. The third kappa shape index (κ3) is 15.6. The smallest absolute Gasteiger partial charge is 1.00 e. The van der Waals surface area contributed by atoms with Crippen LogP contribution < -0.4 is 29.6 Å². The molecule has 1 radical (unpaired) electrons. The van der Waals surface area contributed by atoms with Gasteiger partial charge in [-0.05, 0) is 4.53 Å². The van der Waals surface area contributed by atoms with Crippen molar-refractivity contribution in [2.45, 2.75) is 0 Å². The van der Waals surface area contributed by atoms with E-state index in [0.717, 1.165) is 0 Å². The summed E-state index contributed by atoms with van der Waals surface area (Å²) < 4.78 is 21.4. The minimum atomic E-state index is -4.81. The molecule has 0 aromatic heterocycles. The predicted molar refractivity (Wildman–Crippen MR) is 15.3 cm³/mol. The van der Waals surface area contributed by atoms with E-state index in [0.29, 0.717) is 0 Å². The molecule has 0 heterocycles. The van der Waals surface area contributed by atoms with Crippen molar-refractivity contribution < 1.29 is 71.7 Å². The molecule has 0 fully saturated rings. The van der Waals surface area contributed by atoms with Gasteiger partial charge in [0.25, 0.3) is 0 Å². The summed E-state index contributed by atoms with van der Waals surface area (Å²) in [7, 11) is -4.81. The molecule has 0 aromatic carbocycles. The van der Waals surface area contributed by atoms with E-state index in [-0.39, 0.29) is 48.1 Å². The molecule has 0 unspecified atom stereocenters.